The molecule has 1 atom stereocenters. The first-order valence-electron chi connectivity index (χ1n) is 9.07. The standard InChI is InChI=1S/C19H22FN3O4S2/c1-11-12(2)28-19(16(11)17(21)24)22-18(25)13-4-3-9-23(10-13)29(26,27)15-7-5-14(20)6-8-15/h5-8,13H,3-4,9-10H2,1-2H3,(H2,21,24)(H,22,25). The summed E-state index contributed by atoms with van der Waals surface area (Å²) in [5.74, 6) is -2.06. The van der Waals surface area contributed by atoms with Crippen LogP contribution in [-0.4, -0.2) is 37.6 Å². The van der Waals surface area contributed by atoms with Crippen molar-refractivity contribution in [3.05, 3.63) is 46.1 Å². The highest BCUT2D eigenvalue weighted by Crippen LogP contribution is 2.33. The van der Waals surface area contributed by atoms with Crippen LogP contribution in [0.5, 0.6) is 0 Å². The lowest BCUT2D eigenvalue weighted by Gasteiger charge is -2.31. The van der Waals surface area contributed by atoms with Crippen LogP contribution in [0.3, 0.4) is 0 Å². The summed E-state index contributed by atoms with van der Waals surface area (Å²) in [4.78, 5) is 25.4. The number of anilines is 1. The molecule has 3 rings (SSSR count). The minimum absolute atomic E-state index is 0.0134. The number of nitrogens with zero attached hydrogens (tertiary/aromatic N) is 1. The molecule has 1 aromatic carbocycles. The summed E-state index contributed by atoms with van der Waals surface area (Å²) in [5.41, 5.74) is 6.45. The first-order valence-corrected chi connectivity index (χ1v) is 11.3. The van der Waals surface area contributed by atoms with Crippen molar-refractivity contribution in [1.82, 2.24) is 4.31 Å². The van der Waals surface area contributed by atoms with Crippen LogP contribution in [0.15, 0.2) is 29.2 Å². The molecule has 1 unspecified atom stereocenters. The van der Waals surface area contributed by atoms with Crippen LogP contribution < -0.4 is 11.1 Å². The molecule has 1 fully saturated rings. The molecule has 156 valence electrons. The Morgan fingerprint density at radius 3 is 2.52 bits per heavy atom. The van der Waals surface area contributed by atoms with Crippen molar-refractivity contribution in [2.75, 3.05) is 18.4 Å². The van der Waals surface area contributed by atoms with Gasteiger partial charge in [0.1, 0.15) is 10.8 Å². The van der Waals surface area contributed by atoms with E-state index in [0.717, 1.165) is 22.6 Å². The van der Waals surface area contributed by atoms with Gasteiger partial charge in [0.2, 0.25) is 15.9 Å². The summed E-state index contributed by atoms with van der Waals surface area (Å²) in [6.45, 7) is 3.90. The lowest BCUT2D eigenvalue weighted by atomic mass is 9.99. The number of carbonyl (C=O) groups excluding carboxylic acids is 2. The van der Waals surface area contributed by atoms with Gasteiger partial charge in [-0.15, -0.1) is 11.3 Å². The van der Waals surface area contributed by atoms with Crippen LogP contribution in [0.2, 0.25) is 0 Å². The van der Waals surface area contributed by atoms with Gasteiger partial charge in [-0.05, 0) is 56.5 Å². The molecule has 0 radical (unpaired) electrons. The number of nitrogens with two attached hydrogens (primary N) is 1. The van der Waals surface area contributed by atoms with Crippen molar-refractivity contribution in [2.24, 2.45) is 11.7 Å². The van der Waals surface area contributed by atoms with E-state index in [1.165, 1.54) is 27.8 Å². The molecule has 2 amide bonds. The molecule has 29 heavy (non-hydrogen) atoms. The quantitative estimate of drug-likeness (QED) is 0.746. The highest BCUT2D eigenvalue weighted by Gasteiger charge is 2.34. The summed E-state index contributed by atoms with van der Waals surface area (Å²) in [6.07, 6.45) is 1.04. The number of primary amides is 1. The highest BCUT2D eigenvalue weighted by atomic mass is 32.2. The van der Waals surface area contributed by atoms with Gasteiger partial charge in [0, 0.05) is 18.0 Å². The van der Waals surface area contributed by atoms with Gasteiger partial charge in [-0.3, -0.25) is 9.59 Å². The second kappa shape index (κ2) is 8.21. The molecule has 10 heteroatoms. The molecule has 0 spiro atoms. The first-order chi connectivity index (χ1) is 13.6. The maximum atomic E-state index is 13.1. The topological polar surface area (TPSA) is 110 Å². The second-order valence-corrected chi connectivity index (χ2v) is 10.2. The molecule has 0 bridgehead atoms. The number of carbonyl (C=O) groups is 2. The molecule has 0 saturated carbocycles. The SMILES string of the molecule is Cc1sc(NC(=O)C2CCCN(S(=O)(=O)c3ccc(F)cc3)C2)c(C(N)=O)c1C. The van der Waals surface area contributed by atoms with Gasteiger partial charge in [0.15, 0.2) is 0 Å². The van der Waals surface area contributed by atoms with E-state index < -0.39 is 27.7 Å². The zero-order chi connectivity index (χ0) is 21.3. The molecular formula is C19H22FN3O4S2. The van der Waals surface area contributed by atoms with E-state index >= 15 is 0 Å². The summed E-state index contributed by atoms with van der Waals surface area (Å²) < 4.78 is 40.0. The Bertz CT molecular complexity index is 1050. The minimum Gasteiger partial charge on any atom is -0.365 e. The van der Waals surface area contributed by atoms with Crippen LogP contribution in [0, 0.1) is 25.6 Å². The number of rotatable bonds is 5. The Balaban J connectivity index is 1.77. The molecule has 1 aliphatic rings. The average Bonchev–Trinajstić information content (AvgIpc) is 2.95. The Labute approximate surface area is 172 Å². The maximum Gasteiger partial charge on any atom is 0.251 e. The number of aryl methyl sites for hydroxylation is 1. The third-order valence-corrected chi connectivity index (χ3v) is 8.08. The molecule has 0 aliphatic carbocycles. The molecule has 2 heterocycles. The second-order valence-electron chi connectivity index (χ2n) is 7.00. The number of hydrogen-bond acceptors (Lipinski definition) is 5. The van der Waals surface area contributed by atoms with Crippen LogP contribution >= 0.6 is 11.3 Å². The van der Waals surface area contributed by atoms with E-state index in [9.17, 15) is 22.4 Å². The van der Waals surface area contributed by atoms with E-state index in [-0.39, 0.29) is 29.5 Å². The van der Waals surface area contributed by atoms with E-state index in [1.807, 2.05) is 6.92 Å². The van der Waals surface area contributed by atoms with Crippen molar-refractivity contribution in [3.63, 3.8) is 0 Å². The van der Waals surface area contributed by atoms with Crippen molar-refractivity contribution in [2.45, 2.75) is 31.6 Å². The van der Waals surface area contributed by atoms with Gasteiger partial charge in [0.05, 0.1) is 16.4 Å². The molecule has 3 N–H and O–H groups in total. The lowest BCUT2D eigenvalue weighted by molar-refractivity contribution is -0.120. The largest absolute Gasteiger partial charge is 0.365 e. The molecule has 7 nitrogen and oxygen atoms in total. The predicted molar refractivity (Wildman–Crippen MR) is 109 cm³/mol. The number of amides is 2. The number of thiophene rings is 1. The Kier molecular flexibility index (Phi) is 6.06. The van der Waals surface area contributed by atoms with Crippen molar-refractivity contribution in [1.29, 1.82) is 0 Å². The van der Waals surface area contributed by atoms with Crippen molar-refractivity contribution >= 4 is 38.2 Å². The molecule has 1 aromatic heterocycles. The lowest BCUT2D eigenvalue weighted by Crippen LogP contribution is -2.43. The van der Waals surface area contributed by atoms with Crippen LogP contribution in [0.4, 0.5) is 9.39 Å². The predicted octanol–water partition coefficient (Wildman–Crippen LogP) is 2.64. The van der Waals surface area contributed by atoms with Gasteiger partial charge < -0.3 is 11.1 Å². The van der Waals surface area contributed by atoms with Crippen LogP contribution in [0.1, 0.15) is 33.6 Å². The van der Waals surface area contributed by atoms with E-state index in [0.29, 0.717) is 17.8 Å². The number of benzene rings is 1. The fourth-order valence-corrected chi connectivity index (χ4v) is 5.95. The van der Waals surface area contributed by atoms with Crippen molar-refractivity contribution < 1.29 is 22.4 Å². The Hall–Kier alpha value is -2.30. The summed E-state index contributed by atoms with van der Waals surface area (Å²) in [7, 11) is -3.83. The number of nitrogens with one attached hydrogen (secondary N) is 1. The minimum atomic E-state index is -3.83. The zero-order valence-electron chi connectivity index (χ0n) is 16.1. The Morgan fingerprint density at radius 1 is 1.24 bits per heavy atom. The average molecular weight is 440 g/mol. The third-order valence-electron chi connectivity index (χ3n) is 5.07. The highest BCUT2D eigenvalue weighted by molar-refractivity contribution is 7.89. The monoisotopic (exact) mass is 439 g/mol. The third kappa shape index (κ3) is 4.34. The van der Waals surface area contributed by atoms with Gasteiger partial charge >= 0.3 is 0 Å². The summed E-state index contributed by atoms with van der Waals surface area (Å²) in [5, 5.41) is 3.14. The normalized spacial score (nSPS) is 17.8. The van der Waals surface area contributed by atoms with E-state index in [4.69, 9.17) is 5.73 Å². The number of hydrogen-bond donors (Lipinski definition) is 2. The smallest absolute Gasteiger partial charge is 0.251 e. The van der Waals surface area contributed by atoms with Gasteiger partial charge in [0.25, 0.3) is 5.91 Å². The Morgan fingerprint density at radius 2 is 1.90 bits per heavy atom. The van der Waals surface area contributed by atoms with Crippen LogP contribution in [0.25, 0.3) is 0 Å². The van der Waals surface area contributed by atoms with Crippen LogP contribution in [-0.2, 0) is 14.8 Å². The van der Waals surface area contributed by atoms with E-state index in [1.54, 1.807) is 6.92 Å². The van der Waals surface area contributed by atoms with Crippen molar-refractivity contribution in [3.8, 4) is 0 Å². The first kappa shape index (κ1) is 21.4. The van der Waals surface area contributed by atoms with Gasteiger partial charge in [-0.2, -0.15) is 4.31 Å². The molecular weight excluding hydrogens is 417 g/mol. The number of halogens is 1. The summed E-state index contributed by atoms with van der Waals surface area (Å²) >= 11 is 1.27. The fourth-order valence-electron chi connectivity index (χ4n) is 3.36. The molecule has 1 saturated heterocycles. The fraction of sp³-hybridized carbons (Fsp3) is 0.368. The maximum absolute atomic E-state index is 13.1. The van der Waals surface area contributed by atoms with Gasteiger partial charge in [-0.25, -0.2) is 12.8 Å². The summed E-state index contributed by atoms with van der Waals surface area (Å²) in [6, 6.07) is 4.61. The molecule has 2 aromatic rings. The number of piperidine rings is 1. The molecule has 1 aliphatic heterocycles. The van der Waals surface area contributed by atoms with E-state index in [2.05, 4.69) is 5.32 Å². The number of sulfonamides is 1. The van der Waals surface area contributed by atoms with Gasteiger partial charge in [-0.1, -0.05) is 0 Å². The zero-order valence-corrected chi connectivity index (χ0v) is 17.7.